The third-order valence-electron chi connectivity index (χ3n) is 2.42. The number of amidine groups is 1. The Labute approximate surface area is 72.8 Å². The molecule has 1 unspecified atom stereocenters. The van der Waals surface area contributed by atoms with Gasteiger partial charge in [0.15, 0.2) is 5.84 Å². The highest BCUT2D eigenvalue weighted by molar-refractivity contribution is 5.84. The number of nitrogens with zero attached hydrogens (tertiary/aromatic N) is 1. The van der Waals surface area contributed by atoms with Crippen molar-refractivity contribution in [3.8, 4) is 0 Å². The summed E-state index contributed by atoms with van der Waals surface area (Å²) in [6.07, 6.45) is 2.39. The predicted molar refractivity (Wildman–Crippen MR) is 48.2 cm³/mol. The Kier molecular flexibility index (Phi) is 2.92. The number of nitrogens with one attached hydrogen (secondary N) is 1. The van der Waals surface area contributed by atoms with Gasteiger partial charge in [-0.3, -0.25) is 0 Å². The third kappa shape index (κ3) is 2.11. The molecule has 1 rings (SSSR count). The molecule has 0 aromatic heterocycles. The molecular weight excluding hydrogens is 154 g/mol. The largest absolute Gasteiger partial charge is 0.409 e. The van der Waals surface area contributed by atoms with Gasteiger partial charge < -0.3 is 16.3 Å². The summed E-state index contributed by atoms with van der Waals surface area (Å²) in [7, 11) is 0. The Bertz CT molecular complexity index is 175. The van der Waals surface area contributed by atoms with Gasteiger partial charge in [-0.2, -0.15) is 0 Å². The van der Waals surface area contributed by atoms with Crippen molar-refractivity contribution >= 4 is 5.84 Å². The number of rotatable bonds is 3. The molecule has 0 spiro atoms. The maximum atomic E-state index is 8.38. The van der Waals surface area contributed by atoms with Crippen LogP contribution in [0.3, 0.4) is 0 Å². The predicted octanol–water partition coefficient (Wildman–Crippen LogP) is 0.509. The van der Waals surface area contributed by atoms with Gasteiger partial charge in [0.05, 0.1) is 6.04 Å². The van der Waals surface area contributed by atoms with Gasteiger partial charge in [-0.05, 0) is 25.7 Å². The zero-order valence-electron chi connectivity index (χ0n) is 7.62. The fourth-order valence-corrected chi connectivity index (χ4v) is 1.56. The molecule has 0 saturated heterocycles. The fraction of sp³-hybridized carbons (Fsp3) is 0.875. The van der Waals surface area contributed by atoms with Crippen molar-refractivity contribution in [3.63, 3.8) is 0 Å². The summed E-state index contributed by atoms with van der Waals surface area (Å²) >= 11 is 0. The lowest BCUT2D eigenvalue weighted by atomic mass is 9.81. The van der Waals surface area contributed by atoms with Crippen molar-refractivity contribution in [1.82, 2.24) is 5.32 Å². The van der Waals surface area contributed by atoms with Crippen molar-refractivity contribution in [1.29, 1.82) is 0 Å². The van der Waals surface area contributed by atoms with E-state index in [9.17, 15) is 0 Å². The lowest BCUT2D eigenvalue weighted by Crippen LogP contribution is -2.49. The fourth-order valence-electron chi connectivity index (χ4n) is 1.56. The molecule has 1 saturated carbocycles. The lowest BCUT2D eigenvalue weighted by molar-refractivity contribution is 0.235. The first-order valence-electron chi connectivity index (χ1n) is 4.37. The molecular formula is C8H17N3O. The van der Waals surface area contributed by atoms with E-state index in [0.29, 0.717) is 6.04 Å². The van der Waals surface area contributed by atoms with E-state index in [1.54, 1.807) is 0 Å². The van der Waals surface area contributed by atoms with Crippen molar-refractivity contribution < 1.29 is 5.21 Å². The van der Waals surface area contributed by atoms with Crippen molar-refractivity contribution in [3.05, 3.63) is 0 Å². The minimum Gasteiger partial charge on any atom is -0.409 e. The summed E-state index contributed by atoms with van der Waals surface area (Å²) in [5.41, 5.74) is 5.42. The molecule has 0 aromatic carbocycles. The van der Waals surface area contributed by atoms with Crippen LogP contribution in [-0.4, -0.2) is 23.1 Å². The summed E-state index contributed by atoms with van der Waals surface area (Å²) in [6, 6.07) is 0.530. The van der Waals surface area contributed by atoms with Crippen LogP contribution < -0.4 is 11.1 Å². The maximum absolute atomic E-state index is 8.38. The minimum atomic E-state index is -0.0208. The van der Waals surface area contributed by atoms with Crippen LogP contribution in [0.5, 0.6) is 0 Å². The molecule has 1 atom stereocenters. The maximum Gasteiger partial charge on any atom is 0.156 e. The average molecular weight is 171 g/mol. The Morgan fingerprint density at radius 3 is 2.67 bits per heavy atom. The van der Waals surface area contributed by atoms with E-state index in [-0.39, 0.29) is 11.9 Å². The van der Waals surface area contributed by atoms with E-state index >= 15 is 0 Å². The highest BCUT2D eigenvalue weighted by atomic mass is 16.4. The highest BCUT2D eigenvalue weighted by Crippen LogP contribution is 2.26. The topological polar surface area (TPSA) is 70.6 Å². The lowest BCUT2D eigenvalue weighted by Gasteiger charge is -2.35. The Balaban J connectivity index is 2.23. The Hall–Kier alpha value is -0.770. The number of nitrogens with two attached hydrogens (primary N) is 1. The summed E-state index contributed by atoms with van der Waals surface area (Å²) in [5.74, 6) is 1.08. The van der Waals surface area contributed by atoms with Gasteiger partial charge in [0.25, 0.3) is 0 Å². The standard InChI is InChI=1S/C8H17N3O/c1-5-3-7(4-5)10-6(2)8(9)11-12/h5-7,10,12H,3-4H2,1-2H3,(H2,9,11). The number of hydrogen-bond acceptors (Lipinski definition) is 3. The number of oxime groups is 1. The normalized spacial score (nSPS) is 32.7. The second kappa shape index (κ2) is 3.76. The number of hydrogen-bond donors (Lipinski definition) is 3. The molecule has 1 fully saturated rings. The first-order valence-corrected chi connectivity index (χ1v) is 4.37. The van der Waals surface area contributed by atoms with Gasteiger partial charge in [-0.1, -0.05) is 12.1 Å². The van der Waals surface area contributed by atoms with Crippen LogP contribution in [0.1, 0.15) is 26.7 Å². The van der Waals surface area contributed by atoms with Gasteiger partial charge >= 0.3 is 0 Å². The summed E-state index contributed by atoms with van der Waals surface area (Å²) < 4.78 is 0. The molecule has 70 valence electrons. The van der Waals surface area contributed by atoms with Crippen molar-refractivity contribution in [2.45, 2.75) is 38.8 Å². The van der Waals surface area contributed by atoms with Gasteiger partial charge in [0.1, 0.15) is 0 Å². The van der Waals surface area contributed by atoms with E-state index in [1.165, 1.54) is 12.8 Å². The molecule has 0 aliphatic heterocycles. The molecule has 1 aliphatic rings. The van der Waals surface area contributed by atoms with Crippen LogP contribution in [0, 0.1) is 5.92 Å². The summed E-state index contributed by atoms with van der Waals surface area (Å²) in [4.78, 5) is 0. The third-order valence-corrected chi connectivity index (χ3v) is 2.42. The van der Waals surface area contributed by atoms with E-state index in [2.05, 4.69) is 17.4 Å². The molecule has 4 nitrogen and oxygen atoms in total. The monoisotopic (exact) mass is 171 g/mol. The molecule has 0 heterocycles. The van der Waals surface area contributed by atoms with Crippen molar-refractivity contribution in [2.75, 3.05) is 0 Å². The Morgan fingerprint density at radius 2 is 2.25 bits per heavy atom. The molecule has 0 radical (unpaired) electrons. The summed E-state index contributed by atoms with van der Waals surface area (Å²) in [5, 5.41) is 14.6. The quantitative estimate of drug-likeness (QED) is 0.251. The van der Waals surface area contributed by atoms with Crippen LogP contribution in [0.2, 0.25) is 0 Å². The minimum absolute atomic E-state index is 0.0208. The molecule has 4 heteroatoms. The van der Waals surface area contributed by atoms with Crippen LogP contribution in [0.15, 0.2) is 5.16 Å². The molecule has 0 aromatic rings. The average Bonchev–Trinajstić information content (AvgIpc) is 2.00. The molecule has 0 bridgehead atoms. The first kappa shape index (κ1) is 9.32. The second-order valence-corrected chi connectivity index (χ2v) is 3.69. The van der Waals surface area contributed by atoms with Gasteiger partial charge in [-0.25, -0.2) is 0 Å². The molecule has 0 amide bonds. The van der Waals surface area contributed by atoms with E-state index in [4.69, 9.17) is 10.9 Å². The van der Waals surface area contributed by atoms with Crippen LogP contribution in [0.25, 0.3) is 0 Å². The van der Waals surface area contributed by atoms with E-state index in [0.717, 1.165) is 5.92 Å². The first-order chi connectivity index (χ1) is 5.63. The second-order valence-electron chi connectivity index (χ2n) is 3.69. The van der Waals surface area contributed by atoms with E-state index < -0.39 is 0 Å². The van der Waals surface area contributed by atoms with Crippen molar-refractivity contribution in [2.24, 2.45) is 16.8 Å². The highest BCUT2D eigenvalue weighted by Gasteiger charge is 2.26. The smallest absolute Gasteiger partial charge is 0.156 e. The summed E-state index contributed by atoms with van der Waals surface area (Å²) in [6.45, 7) is 4.13. The zero-order valence-corrected chi connectivity index (χ0v) is 7.62. The molecule has 4 N–H and O–H groups in total. The Morgan fingerprint density at radius 1 is 1.67 bits per heavy atom. The van der Waals surface area contributed by atoms with Gasteiger partial charge in [0, 0.05) is 6.04 Å². The molecule has 1 aliphatic carbocycles. The van der Waals surface area contributed by atoms with Gasteiger partial charge in [-0.15, -0.1) is 0 Å². The van der Waals surface area contributed by atoms with Crippen LogP contribution in [-0.2, 0) is 0 Å². The van der Waals surface area contributed by atoms with Crippen LogP contribution >= 0.6 is 0 Å². The zero-order chi connectivity index (χ0) is 9.14. The van der Waals surface area contributed by atoms with Gasteiger partial charge in [0.2, 0.25) is 0 Å². The van der Waals surface area contributed by atoms with Crippen LogP contribution in [0.4, 0.5) is 0 Å². The SMILES string of the molecule is CC1CC(NC(C)C(N)=NO)C1. The molecule has 12 heavy (non-hydrogen) atoms. The van der Waals surface area contributed by atoms with E-state index in [1.807, 2.05) is 6.92 Å².